The number of amides is 1. The van der Waals surface area contributed by atoms with Gasteiger partial charge in [0.2, 0.25) is 0 Å². The normalized spacial score (nSPS) is 10.4. The minimum atomic E-state index is -0.857. The van der Waals surface area contributed by atoms with E-state index in [9.17, 15) is 9.59 Å². The second-order valence-corrected chi connectivity index (χ2v) is 5.36. The van der Waals surface area contributed by atoms with Gasteiger partial charge >= 0.3 is 5.97 Å². The molecule has 1 amide bonds. The van der Waals surface area contributed by atoms with Gasteiger partial charge in [0.25, 0.3) is 5.91 Å². The van der Waals surface area contributed by atoms with Crippen LogP contribution in [0.2, 0.25) is 15.1 Å². The maximum Gasteiger partial charge on any atom is 0.341 e. The van der Waals surface area contributed by atoms with Gasteiger partial charge in [0.1, 0.15) is 5.76 Å². The number of aryl methyl sites for hydroxylation is 1. The zero-order valence-electron chi connectivity index (χ0n) is 11.2. The quantitative estimate of drug-likeness (QED) is 0.661. The number of aromatic nitrogens is 1. The van der Waals surface area contributed by atoms with Crippen molar-refractivity contribution < 1.29 is 18.8 Å². The molecule has 22 heavy (non-hydrogen) atoms. The number of halogens is 3. The Morgan fingerprint density at radius 2 is 1.95 bits per heavy atom. The first kappa shape index (κ1) is 16.6. The Labute approximate surface area is 140 Å². The molecule has 0 bridgehead atoms. The number of esters is 1. The van der Waals surface area contributed by atoms with E-state index in [4.69, 9.17) is 44.1 Å². The predicted octanol–water partition coefficient (Wildman–Crippen LogP) is 3.74. The van der Waals surface area contributed by atoms with Crippen molar-refractivity contribution in [2.45, 2.75) is 6.92 Å². The molecule has 116 valence electrons. The van der Waals surface area contributed by atoms with Gasteiger partial charge in [0, 0.05) is 6.07 Å². The number of benzene rings is 1. The van der Waals surface area contributed by atoms with E-state index in [-0.39, 0.29) is 26.4 Å². The van der Waals surface area contributed by atoms with Gasteiger partial charge in [-0.25, -0.2) is 4.79 Å². The van der Waals surface area contributed by atoms with Crippen LogP contribution < -0.4 is 5.32 Å². The maximum absolute atomic E-state index is 11.9. The molecule has 6 nitrogen and oxygen atoms in total. The van der Waals surface area contributed by atoms with Crippen molar-refractivity contribution in [3.05, 3.63) is 44.6 Å². The Morgan fingerprint density at radius 3 is 2.59 bits per heavy atom. The number of nitrogens with one attached hydrogen (secondary N) is 1. The van der Waals surface area contributed by atoms with Gasteiger partial charge in [0.05, 0.1) is 20.6 Å². The number of rotatable bonds is 4. The van der Waals surface area contributed by atoms with Crippen molar-refractivity contribution in [3.63, 3.8) is 0 Å². The second kappa shape index (κ2) is 7.00. The van der Waals surface area contributed by atoms with E-state index < -0.39 is 18.5 Å². The highest BCUT2D eigenvalue weighted by Gasteiger charge is 2.20. The van der Waals surface area contributed by atoms with Crippen molar-refractivity contribution in [2.24, 2.45) is 0 Å². The average Bonchev–Trinajstić information content (AvgIpc) is 2.86. The SMILES string of the molecule is Cc1cc(NC(=O)COC(=O)c2c(Cl)ccc(Cl)c2Cl)no1. The number of carbonyl (C=O) groups excluding carboxylic acids is 2. The molecule has 1 aromatic carbocycles. The molecule has 1 N–H and O–H groups in total. The van der Waals surface area contributed by atoms with E-state index in [1.165, 1.54) is 18.2 Å². The summed E-state index contributed by atoms with van der Waals surface area (Å²) in [5, 5.41) is 6.16. The maximum atomic E-state index is 11.9. The van der Waals surface area contributed by atoms with Gasteiger partial charge in [-0.15, -0.1) is 0 Å². The van der Waals surface area contributed by atoms with Crippen LogP contribution in [-0.2, 0) is 9.53 Å². The third-order valence-corrected chi connectivity index (χ3v) is 3.60. The van der Waals surface area contributed by atoms with Gasteiger partial charge < -0.3 is 14.6 Å². The summed E-state index contributed by atoms with van der Waals surface area (Å²) >= 11 is 17.6. The predicted molar refractivity (Wildman–Crippen MR) is 81.6 cm³/mol. The van der Waals surface area contributed by atoms with E-state index in [0.29, 0.717) is 5.76 Å². The summed E-state index contributed by atoms with van der Waals surface area (Å²) in [6, 6.07) is 4.37. The summed E-state index contributed by atoms with van der Waals surface area (Å²) in [5.74, 6) is -0.693. The summed E-state index contributed by atoms with van der Waals surface area (Å²) in [7, 11) is 0. The Bertz CT molecular complexity index is 730. The highest BCUT2D eigenvalue weighted by molar-refractivity contribution is 6.46. The van der Waals surface area contributed by atoms with Crippen molar-refractivity contribution in [2.75, 3.05) is 11.9 Å². The molecule has 0 aliphatic rings. The number of hydrogen-bond acceptors (Lipinski definition) is 5. The van der Waals surface area contributed by atoms with Gasteiger partial charge in [0.15, 0.2) is 12.4 Å². The largest absolute Gasteiger partial charge is 0.452 e. The lowest BCUT2D eigenvalue weighted by Crippen LogP contribution is -2.21. The van der Waals surface area contributed by atoms with E-state index in [1.54, 1.807) is 6.92 Å². The number of hydrogen-bond donors (Lipinski definition) is 1. The molecule has 1 aromatic heterocycles. The van der Waals surface area contributed by atoms with E-state index in [0.717, 1.165) is 0 Å². The summed E-state index contributed by atoms with van der Waals surface area (Å²) in [5.41, 5.74) is -0.0964. The van der Waals surface area contributed by atoms with Crippen LogP contribution in [0.5, 0.6) is 0 Å². The number of ether oxygens (including phenoxy) is 1. The molecule has 0 aliphatic heterocycles. The molecule has 0 atom stereocenters. The highest BCUT2D eigenvalue weighted by Crippen LogP contribution is 2.31. The smallest absolute Gasteiger partial charge is 0.341 e. The molecule has 0 unspecified atom stereocenters. The Kier molecular flexibility index (Phi) is 5.28. The molecule has 0 aliphatic carbocycles. The lowest BCUT2D eigenvalue weighted by atomic mass is 10.2. The number of nitrogens with zero attached hydrogens (tertiary/aromatic N) is 1. The number of anilines is 1. The summed E-state index contributed by atoms with van der Waals surface area (Å²) in [4.78, 5) is 23.6. The minimum absolute atomic E-state index is 0.0355. The highest BCUT2D eigenvalue weighted by atomic mass is 35.5. The van der Waals surface area contributed by atoms with Crippen LogP contribution >= 0.6 is 34.8 Å². The van der Waals surface area contributed by atoms with Crippen LogP contribution in [0.4, 0.5) is 5.82 Å². The summed E-state index contributed by atoms with van der Waals surface area (Å²) < 4.78 is 9.63. The van der Waals surface area contributed by atoms with Crippen molar-refractivity contribution in [1.82, 2.24) is 5.16 Å². The molecule has 0 spiro atoms. The molecule has 1 heterocycles. The van der Waals surface area contributed by atoms with Gasteiger partial charge in [-0.2, -0.15) is 0 Å². The first-order valence-corrected chi connectivity index (χ1v) is 7.05. The Morgan fingerprint density at radius 1 is 1.27 bits per heavy atom. The fourth-order valence-electron chi connectivity index (χ4n) is 1.52. The summed E-state index contributed by atoms with van der Waals surface area (Å²) in [6.45, 7) is 1.13. The topological polar surface area (TPSA) is 81.4 Å². The fourth-order valence-corrected chi connectivity index (χ4v) is 2.20. The first-order valence-electron chi connectivity index (χ1n) is 5.92. The number of carbonyl (C=O) groups is 2. The molecule has 0 saturated heterocycles. The standard InChI is InChI=1S/C13H9Cl3N2O4/c1-6-4-9(18-22-6)17-10(19)5-21-13(20)11-7(14)2-3-8(15)12(11)16/h2-4H,5H2,1H3,(H,17,18,19). The van der Waals surface area contributed by atoms with Gasteiger partial charge in [-0.05, 0) is 19.1 Å². The Balaban J connectivity index is 1.98. The van der Waals surface area contributed by atoms with Crippen molar-refractivity contribution in [3.8, 4) is 0 Å². The van der Waals surface area contributed by atoms with E-state index in [2.05, 4.69) is 10.5 Å². The average molecular weight is 364 g/mol. The first-order chi connectivity index (χ1) is 10.4. The Hall–Kier alpha value is -1.76. The van der Waals surface area contributed by atoms with E-state index >= 15 is 0 Å². The minimum Gasteiger partial charge on any atom is -0.452 e. The van der Waals surface area contributed by atoms with Gasteiger partial charge in [-0.3, -0.25) is 4.79 Å². The third kappa shape index (κ3) is 3.91. The molecule has 9 heteroatoms. The van der Waals surface area contributed by atoms with Crippen LogP contribution in [0.25, 0.3) is 0 Å². The van der Waals surface area contributed by atoms with Gasteiger partial charge in [-0.1, -0.05) is 40.0 Å². The molecule has 0 radical (unpaired) electrons. The molecule has 2 rings (SSSR count). The van der Waals surface area contributed by atoms with Crippen LogP contribution in [0.3, 0.4) is 0 Å². The monoisotopic (exact) mass is 362 g/mol. The fraction of sp³-hybridized carbons (Fsp3) is 0.154. The molecule has 0 saturated carbocycles. The zero-order valence-corrected chi connectivity index (χ0v) is 13.4. The lowest BCUT2D eigenvalue weighted by Gasteiger charge is -2.08. The molecular formula is C13H9Cl3N2O4. The summed E-state index contributed by atoms with van der Waals surface area (Å²) in [6.07, 6.45) is 0. The van der Waals surface area contributed by atoms with E-state index in [1.807, 2.05) is 0 Å². The molecule has 0 fully saturated rings. The van der Waals surface area contributed by atoms with Crippen molar-refractivity contribution in [1.29, 1.82) is 0 Å². The zero-order chi connectivity index (χ0) is 16.3. The third-order valence-electron chi connectivity index (χ3n) is 2.48. The second-order valence-electron chi connectivity index (χ2n) is 4.17. The lowest BCUT2D eigenvalue weighted by molar-refractivity contribution is -0.119. The van der Waals surface area contributed by atoms with Crippen LogP contribution in [0.15, 0.2) is 22.7 Å². The van der Waals surface area contributed by atoms with Crippen LogP contribution in [-0.4, -0.2) is 23.6 Å². The molecular weight excluding hydrogens is 355 g/mol. The van der Waals surface area contributed by atoms with Crippen LogP contribution in [0.1, 0.15) is 16.1 Å². The van der Waals surface area contributed by atoms with Crippen molar-refractivity contribution >= 4 is 52.5 Å². The van der Waals surface area contributed by atoms with Crippen LogP contribution in [0, 0.1) is 6.92 Å². The molecule has 2 aromatic rings.